The van der Waals surface area contributed by atoms with E-state index in [1.54, 1.807) is 0 Å². The summed E-state index contributed by atoms with van der Waals surface area (Å²) in [5, 5.41) is 11.2. The van der Waals surface area contributed by atoms with E-state index in [1.165, 1.54) is 0 Å². The predicted molar refractivity (Wildman–Crippen MR) is 185 cm³/mol. The molecule has 43 heavy (non-hydrogen) atoms. The minimum Gasteiger partial charge on any atom is -0.481 e. The number of carboxylic acids is 1. The Hall–Kier alpha value is -2.14. The largest absolute Gasteiger partial charge is 0.481 e. The molecule has 1 heterocycles. The molecule has 0 spiro atoms. The molecule has 6 nitrogen and oxygen atoms in total. The summed E-state index contributed by atoms with van der Waals surface area (Å²) >= 11 is 0. The maximum atomic E-state index is 13.3. The van der Waals surface area contributed by atoms with Gasteiger partial charge in [0.15, 0.2) is 22.4 Å². The number of carboxylic acid groups (broad SMARTS) is 1. The summed E-state index contributed by atoms with van der Waals surface area (Å²) in [4.78, 5) is 29.6. The quantitative estimate of drug-likeness (QED) is 0.113. The highest BCUT2D eigenvalue weighted by atomic mass is 28.4. The van der Waals surface area contributed by atoms with Gasteiger partial charge >= 0.3 is 5.97 Å². The number of ketones is 1. The number of fused-ring (bicyclic) bond motifs is 1. The molecule has 0 aliphatic heterocycles. The predicted octanol–water partition coefficient (Wildman–Crippen LogP) is 10.0. The number of hydrogen-bond donors (Lipinski definition) is 1. The Balaban J connectivity index is 2.61. The number of aliphatic carboxylic acids is 1. The van der Waals surface area contributed by atoms with Gasteiger partial charge in [0.25, 0.3) is 0 Å². The van der Waals surface area contributed by atoms with Crippen LogP contribution >= 0.6 is 0 Å². The van der Waals surface area contributed by atoms with Gasteiger partial charge in [-0.15, -0.1) is 0 Å². The van der Waals surface area contributed by atoms with Gasteiger partial charge < -0.3 is 14.0 Å². The standard InChI is InChI=1S/C35H57NO5Si2/c1-12-13-14-20-29(37)33-28-19-16-15-18-26(28)25-27(36-33)23-24-31(41-43(10,11)35(5,6)7)30(21-17-22-32(38)39)40-42(8,9)34(2,3)4/h15-16,18-19,23-25,30-31H,12-14,17,20-22H2,1-11H3,(H,38,39)/b24-23+. The van der Waals surface area contributed by atoms with Crippen LogP contribution in [0.1, 0.15) is 110 Å². The minimum atomic E-state index is -2.25. The van der Waals surface area contributed by atoms with Crippen LogP contribution in [0, 0.1) is 0 Å². The summed E-state index contributed by atoms with van der Waals surface area (Å²) in [6, 6.07) is 9.95. The van der Waals surface area contributed by atoms with Crippen molar-refractivity contribution in [2.24, 2.45) is 0 Å². The number of hydrogen-bond acceptors (Lipinski definition) is 5. The van der Waals surface area contributed by atoms with Crippen LogP contribution < -0.4 is 0 Å². The van der Waals surface area contributed by atoms with Gasteiger partial charge in [-0.3, -0.25) is 9.59 Å². The Morgan fingerprint density at radius 2 is 1.51 bits per heavy atom. The molecule has 1 N–H and O–H groups in total. The summed E-state index contributed by atoms with van der Waals surface area (Å²) in [6.07, 6.45) is 7.91. The molecule has 8 heteroatoms. The third-order valence-electron chi connectivity index (χ3n) is 9.22. The lowest BCUT2D eigenvalue weighted by Gasteiger charge is -2.44. The SMILES string of the molecule is CCCCCC(=O)c1nc(/C=C/C(O[Si](C)(C)C(C)(C)C)C(CCCC(=O)O)O[Si](C)(C)C(C)(C)C)cc2ccccc12. The first-order valence-corrected chi connectivity index (χ1v) is 21.8. The fourth-order valence-electron chi connectivity index (χ4n) is 4.42. The van der Waals surface area contributed by atoms with E-state index in [0.717, 1.165) is 30.0 Å². The maximum absolute atomic E-state index is 13.3. The van der Waals surface area contributed by atoms with E-state index in [-0.39, 0.29) is 34.5 Å². The van der Waals surface area contributed by atoms with Gasteiger partial charge in [0.1, 0.15) is 5.69 Å². The smallest absolute Gasteiger partial charge is 0.303 e. The van der Waals surface area contributed by atoms with Crippen molar-refractivity contribution < 1.29 is 23.5 Å². The van der Waals surface area contributed by atoms with Crippen molar-refractivity contribution in [2.75, 3.05) is 0 Å². The van der Waals surface area contributed by atoms with Gasteiger partial charge in [-0.1, -0.05) is 91.6 Å². The van der Waals surface area contributed by atoms with Crippen molar-refractivity contribution in [3.8, 4) is 0 Å². The Labute approximate surface area is 262 Å². The van der Waals surface area contributed by atoms with E-state index < -0.39 is 22.6 Å². The van der Waals surface area contributed by atoms with E-state index in [2.05, 4.69) is 74.7 Å². The van der Waals surface area contributed by atoms with E-state index in [1.807, 2.05) is 42.5 Å². The molecule has 0 amide bonds. The number of carbonyl (C=O) groups excluding carboxylic acids is 1. The van der Waals surface area contributed by atoms with Gasteiger partial charge in [0.2, 0.25) is 0 Å². The number of pyridine rings is 1. The topological polar surface area (TPSA) is 85.7 Å². The van der Waals surface area contributed by atoms with Crippen LogP contribution in [0.4, 0.5) is 0 Å². The van der Waals surface area contributed by atoms with Crippen molar-refractivity contribution in [3.63, 3.8) is 0 Å². The molecule has 2 atom stereocenters. The summed E-state index contributed by atoms with van der Waals surface area (Å²) < 4.78 is 14.0. The monoisotopic (exact) mass is 627 g/mol. The van der Waals surface area contributed by atoms with Gasteiger partial charge in [-0.2, -0.15) is 0 Å². The highest BCUT2D eigenvalue weighted by molar-refractivity contribution is 6.74. The first-order valence-electron chi connectivity index (χ1n) is 16.0. The van der Waals surface area contributed by atoms with Crippen molar-refractivity contribution in [2.45, 2.75) is 142 Å². The molecule has 0 saturated heterocycles. The highest BCUT2D eigenvalue weighted by Gasteiger charge is 2.44. The second-order valence-electron chi connectivity index (χ2n) is 14.9. The maximum Gasteiger partial charge on any atom is 0.303 e. The summed E-state index contributed by atoms with van der Waals surface area (Å²) in [6.45, 7) is 24.3. The molecular formula is C35H57NO5Si2. The zero-order valence-corrected chi connectivity index (χ0v) is 30.7. The summed E-state index contributed by atoms with van der Waals surface area (Å²) in [5.74, 6) is -0.734. The lowest BCUT2D eigenvalue weighted by molar-refractivity contribution is -0.137. The van der Waals surface area contributed by atoms with Crippen molar-refractivity contribution >= 4 is 45.2 Å². The zero-order chi connectivity index (χ0) is 32.6. The van der Waals surface area contributed by atoms with Crippen molar-refractivity contribution in [1.82, 2.24) is 4.98 Å². The van der Waals surface area contributed by atoms with Gasteiger partial charge in [0.05, 0.1) is 17.9 Å². The Bertz CT molecular complexity index is 1260. The highest BCUT2D eigenvalue weighted by Crippen LogP contribution is 2.41. The van der Waals surface area contributed by atoms with Crippen molar-refractivity contribution in [3.05, 3.63) is 47.8 Å². The van der Waals surface area contributed by atoms with Crippen LogP contribution in [0.2, 0.25) is 36.3 Å². The molecular weight excluding hydrogens is 571 g/mol. The third-order valence-corrected chi connectivity index (χ3v) is 18.2. The molecule has 0 fully saturated rings. The molecule has 0 aliphatic carbocycles. The molecule has 0 aliphatic rings. The first kappa shape index (κ1) is 37.1. The van der Waals surface area contributed by atoms with Gasteiger partial charge in [-0.05, 0) is 73.1 Å². The van der Waals surface area contributed by atoms with Gasteiger partial charge in [0, 0.05) is 18.2 Å². The molecule has 2 rings (SSSR count). The van der Waals surface area contributed by atoms with Crippen LogP contribution in [0.15, 0.2) is 36.4 Å². The number of benzene rings is 1. The fourth-order valence-corrected chi connectivity index (χ4v) is 7.05. The molecule has 0 saturated carbocycles. The molecule has 1 aromatic heterocycles. The lowest BCUT2D eigenvalue weighted by atomic mass is 10.0. The Kier molecular flexibility index (Phi) is 13.1. The second kappa shape index (κ2) is 15.2. The van der Waals surface area contributed by atoms with Crippen LogP contribution in [-0.2, 0) is 13.6 Å². The van der Waals surface area contributed by atoms with Crippen molar-refractivity contribution in [1.29, 1.82) is 0 Å². The van der Waals surface area contributed by atoms with E-state index >= 15 is 0 Å². The second-order valence-corrected chi connectivity index (χ2v) is 24.4. The molecule has 2 aromatic rings. The van der Waals surface area contributed by atoms with Crippen LogP contribution in [0.3, 0.4) is 0 Å². The van der Waals surface area contributed by atoms with E-state index in [4.69, 9.17) is 13.8 Å². The Morgan fingerprint density at radius 1 is 0.907 bits per heavy atom. The average Bonchev–Trinajstić information content (AvgIpc) is 2.88. The average molecular weight is 628 g/mol. The summed E-state index contributed by atoms with van der Waals surface area (Å²) in [5.41, 5.74) is 1.23. The molecule has 2 unspecified atom stereocenters. The lowest BCUT2D eigenvalue weighted by Crippen LogP contribution is -2.51. The molecule has 0 bridgehead atoms. The van der Waals surface area contributed by atoms with Gasteiger partial charge in [-0.25, -0.2) is 4.98 Å². The van der Waals surface area contributed by atoms with Crippen LogP contribution in [0.25, 0.3) is 16.8 Å². The number of carbonyl (C=O) groups is 2. The normalized spacial score (nSPS) is 14.8. The third kappa shape index (κ3) is 10.8. The number of unbranched alkanes of at least 4 members (excludes halogenated alkanes) is 2. The van der Waals surface area contributed by atoms with E-state index in [0.29, 0.717) is 30.7 Å². The number of rotatable bonds is 16. The Morgan fingerprint density at radius 3 is 2.09 bits per heavy atom. The van der Waals surface area contributed by atoms with Crippen LogP contribution in [-0.4, -0.2) is 50.7 Å². The number of nitrogens with zero attached hydrogens (tertiary/aromatic N) is 1. The summed E-state index contributed by atoms with van der Waals surface area (Å²) in [7, 11) is -4.47. The fraction of sp³-hybridized carbons (Fsp3) is 0.629. The van der Waals surface area contributed by atoms with E-state index in [9.17, 15) is 14.7 Å². The zero-order valence-electron chi connectivity index (χ0n) is 28.7. The van der Waals surface area contributed by atoms with Crippen LogP contribution in [0.5, 0.6) is 0 Å². The number of aromatic nitrogens is 1. The molecule has 0 radical (unpaired) electrons. The molecule has 240 valence electrons. The number of Topliss-reactive ketones (excluding diaryl/α,β-unsaturated/α-hetero) is 1. The first-order chi connectivity index (χ1) is 19.8. The minimum absolute atomic E-state index is 0.0176. The molecule has 1 aromatic carbocycles.